The highest BCUT2D eigenvalue weighted by atomic mass is 15.1. The van der Waals surface area contributed by atoms with Gasteiger partial charge in [0, 0.05) is 44.5 Å². The van der Waals surface area contributed by atoms with E-state index < -0.39 is 0 Å². The molecule has 0 atom stereocenters. The Labute approximate surface area is 345 Å². The summed E-state index contributed by atoms with van der Waals surface area (Å²) in [6.07, 6.45) is 0. The minimum absolute atomic E-state index is 0.165. The molecule has 0 saturated heterocycles. The number of aromatic nitrogens is 1. The van der Waals surface area contributed by atoms with Crippen molar-refractivity contribution >= 4 is 38.9 Å². The highest BCUT2D eigenvalue weighted by Crippen LogP contribution is 2.55. The second kappa shape index (κ2) is 13.9. The van der Waals surface area contributed by atoms with Crippen molar-refractivity contribution in [3.63, 3.8) is 0 Å². The van der Waals surface area contributed by atoms with Crippen molar-refractivity contribution < 1.29 is 0 Å². The van der Waals surface area contributed by atoms with Crippen LogP contribution in [0.3, 0.4) is 0 Å². The Bertz CT molecular complexity index is 3040. The lowest BCUT2D eigenvalue weighted by molar-refractivity contribution is 0.661. The Hall–Kier alpha value is -7.42. The van der Waals surface area contributed by atoms with E-state index in [1.54, 1.807) is 0 Å². The maximum Gasteiger partial charge on any atom is 0.0628 e. The average Bonchev–Trinajstić information content (AvgIpc) is 3.76. The average molecular weight is 755 g/mol. The molecule has 0 N–H and O–H groups in total. The van der Waals surface area contributed by atoms with Gasteiger partial charge in [0.1, 0.15) is 0 Å². The molecule has 1 heterocycles. The molecule has 2 heteroatoms. The van der Waals surface area contributed by atoms with Gasteiger partial charge in [0.25, 0.3) is 0 Å². The second-order valence-electron chi connectivity index (χ2n) is 16.1. The molecule has 0 spiro atoms. The molecule has 1 aliphatic carbocycles. The van der Waals surface area contributed by atoms with Crippen LogP contribution in [0.2, 0.25) is 0 Å². The van der Waals surface area contributed by atoms with Gasteiger partial charge in [0.15, 0.2) is 0 Å². The molecule has 0 aliphatic heterocycles. The first-order valence-electron chi connectivity index (χ1n) is 20.5. The molecule has 0 unspecified atom stereocenters. The summed E-state index contributed by atoms with van der Waals surface area (Å²) in [6, 6.07) is 79.6. The largest absolute Gasteiger partial charge is 0.311 e. The summed E-state index contributed by atoms with van der Waals surface area (Å²) in [7, 11) is 0. The minimum Gasteiger partial charge on any atom is -0.311 e. The number of para-hydroxylation sites is 2. The van der Waals surface area contributed by atoms with Crippen LogP contribution in [0.15, 0.2) is 218 Å². The van der Waals surface area contributed by atoms with Gasteiger partial charge in [0.2, 0.25) is 0 Å². The smallest absolute Gasteiger partial charge is 0.0628 e. The Morgan fingerprint density at radius 2 is 0.847 bits per heavy atom. The Morgan fingerprint density at radius 1 is 0.390 bits per heavy atom. The topological polar surface area (TPSA) is 8.17 Å². The SMILES string of the molecule is CC1(C)c2ccccc2-c2c1cc(-c1ccc(N(c3ccc(-c4ccccc4)cc3)c3ccc(-c4ccccc4)cc3)cc1)c1c3ccccc3n(-c3ccccc3)c21. The lowest BCUT2D eigenvalue weighted by Crippen LogP contribution is -2.15. The van der Waals surface area contributed by atoms with Crippen molar-refractivity contribution in [1.29, 1.82) is 0 Å². The molecule has 1 aromatic heterocycles. The Kier molecular flexibility index (Phi) is 8.20. The highest BCUT2D eigenvalue weighted by molar-refractivity contribution is 6.21. The summed E-state index contributed by atoms with van der Waals surface area (Å²) in [4.78, 5) is 2.37. The first kappa shape index (κ1) is 34.8. The maximum atomic E-state index is 2.50. The van der Waals surface area contributed by atoms with E-state index in [2.05, 4.69) is 242 Å². The summed E-state index contributed by atoms with van der Waals surface area (Å²) in [6.45, 7) is 4.77. The van der Waals surface area contributed by atoms with Gasteiger partial charge in [-0.25, -0.2) is 0 Å². The quantitative estimate of drug-likeness (QED) is 0.157. The molecule has 2 nitrogen and oxygen atoms in total. The highest BCUT2D eigenvalue weighted by Gasteiger charge is 2.38. The fourth-order valence-corrected chi connectivity index (χ4v) is 9.50. The summed E-state index contributed by atoms with van der Waals surface area (Å²) in [5.74, 6) is 0. The zero-order chi connectivity index (χ0) is 39.5. The standard InChI is InChI=1S/C57H42N2/c1-57(2)51-24-14-12-22-48(51)55-52(57)38-50(54-49-23-13-15-25-53(49)59(56(54)55)44-20-10-5-11-21-44)43-30-36-47(37-31-43)58(45-32-26-41(27-33-45)39-16-6-3-7-17-39)46-34-28-42(29-35-46)40-18-8-4-9-19-40/h3-38H,1-2H3. The second-order valence-corrected chi connectivity index (χ2v) is 16.1. The molecule has 11 rings (SSSR count). The van der Waals surface area contributed by atoms with Crippen LogP contribution in [0.25, 0.3) is 72.0 Å². The zero-order valence-electron chi connectivity index (χ0n) is 33.2. The number of hydrogen-bond donors (Lipinski definition) is 0. The van der Waals surface area contributed by atoms with Crippen LogP contribution in [0.1, 0.15) is 25.0 Å². The normalized spacial score (nSPS) is 12.7. The number of benzene rings is 9. The molecule has 0 saturated carbocycles. The van der Waals surface area contributed by atoms with Crippen LogP contribution < -0.4 is 4.90 Å². The third kappa shape index (κ3) is 5.71. The number of anilines is 3. The van der Waals surface area contributed by atoms with Crippen molar-refractivity contribution in [2.24, 2.45) is 0 Å². The maximum absolute atomic E-state index is 2.50. The summed E-state index contributed by atoms with van der Waals surface area (Å²) in [5, 5.41) is 2.54. The minimum atomic E-state index is -0.165. The van der Waals surface area contributed by atoms with E-state index in [0.717, 1.165) is 17.1 Å². The van der Waals surface area contributed by atoms with Gasteiger partial charge in [-0.05, 0) is 111 Å². The molecule has 10 aromatic rings. The molecule has 280 valence electrons. The summed E-state index contributed by atoms with van der Waals surface area (Å²) in [5.41, 5.74) is 19.5. The number of nitrogens with zero attached hydrogens (tertiary/aromatic N) is 2. The molecule has 59 heavy (non-hydrogen) atoms. The van der Waals surface area contributed by atoms with Gasteiger partial charge in [-0.2, -0.15) is 0 Å². The first-order chi connectivity index (χ1) is 29.0. The van der Waals surface area contributed by atoms with Gasteiger partial charge in [-0.3, -0.25) is 0 Å². The predicted octanol–water partition coefficient (Wildman–Crippen LogP) is 15.6. The van der Waals surface area contributed by atoms with Gasteiger partial charge < -0.3 is 9.47 Å². The summed E-state index contributed by atoms with van der Waals surface area (Å²) < 4.78 is 2.50. The summed E-state index contributed by atoms with van der Waals surface area (Å²) >= 11 is 0. The van der Waals surface area contributed by atoms with Gasteiger partial charge in [0.05, 0.1) is 11.0 Å². The third-order valence-electron chi connectivity index (χ3n) is 12.4. The monoisotopic (exact) mass is 754 g/mol. The zero-order valence-corrected chi connectivity index (χ0v) is 33.2. The Morgan fingerprint density at radius 3 is 1.42 bits per heavy atom. The third-order valence-corrected chi connectivity index (χ3v) is 12.4. The van der Waals surface area contributed by atoms with Crippen molar-refractivity contribution in [3.8, 4) is 50.2 Å². The van der Waals surface area contributed by atoms with Crippen LogP contribution in [0.4, 0.5) is 17.1 Å². The fourth-order valence-electron chi connectivity index (χ4n) is 9.50. The molecule has 0 bridgehead atoms. The van der Waals surface area contributed by atoms with E-state index in [1.807, 2.05) is 0 Å². The molecule has 0 radical (unpaired) electrons. The van der Waals surface area contributed by atoms with Crippen LogP contribution in [0, 0.1) is 0 Å². The fraction of sp³-hybridized carbons (Fsp3) is 0.0526. The molecule has 9 aromatic carbocycles. The van der Waals surface area contributed by atoms with Crippen LogP contribution in [-0.4, -0.2) is 4.57 Å². The van der Waals surface area contributed by atoms with Crippen molar-refractivity contribution in [2.75, 3.05) is 4.90 Å². The van der Waals surface area contributed by atoms with E-state index in [4.69, 9.17) is 0 Å². The van der Waals surface area contributed by atoms with E-state index in [0.29, 0.717) is 0 Å². The number of hydrogen-bond acceptors (Lipinski definition) is 1. The van der Waals surface area contributed by atoms with Crippen LogP contribution in [-0.2, 0) is 5.41 Å². The van der Waals surface area contributed by atoms with Crippen molar-refractivity contribution in [1.82, 2.24) is 4.57 Å². The van der Waals surface area contributed by atoms with E-state index in [-0.39, 0.29) is 5.41 Å². The van der Waals surface area contributed by atoms with E-state index in [9.17, 15) is 0 Å². The molecular weight excluding hydrogens is 713 g/mol. The molecular formula is C57H42N2. The molecule has 1 aliphatic rings. The lowest BCUT2D eigenvalue weighted by Gasteiger charge is -2.26. The number of rotatable bonds is 7. The van der Waals surface area contributed by atoms with Crippen LogP contribution >= 0.6 is 0 Å². The van der Waals surface area contributed by atoms with Gasteiger partial charge >= 0.3 is 0 Å². The van der Waals surface area contributed by atoms with E-state index >= 15 is 0 Å². The van der Waals surface area contributed by atoms with E-state index in [1.165, 1.54) is 83.1 Å². The number of fused-ring (bicyclic) bond motifs is 7. The molecule has 0 amide bonds. The van der Waals surface area contributed by atoms with Crippen molar-refractivity contribution in [2.45, 2.75) is 19.3 Å². The van der Waals surface area contributed by atoms with Crippen molar-refractivity contribution in [3.05, 3.63) is 230 Å². The van der Waals surface area contributed by atoms with Gasteiger partial charge in [-0.15, -0.1) is 0 Å². The van der Waals surface area contributed by atoms with Crippen LogP contribution in [0.5, 0.6) is 0 Å². The van der Waals surface area contributed by atoms with Gasteiger partial charge in [-0.1, -0.05) is 172 Å². The first-order valence-corrected chi connectivity index (χ1v) is 20.5. The molecule has 0 fully saturated rings. The predicted molar refractivity (Wildman–Crippen MR) is 249 cm³/mol. The Balaban J connectivity index is 1.09. The lowest BCUT2D eigenvalue weighted by atomic mass is 9.81.